The summed E-state index contributed by atoms with van der Waals surface area (Å²) >= 11 is 0. The SMILES string of the molecule is Cc1cccc(C)c1C(=O)N1C[C@@H]2[C@H](CNC(=O)C3CCC3)[C@H]3CC[C@]2(C1)O3.O=CO. The van der Waals surface area contributed by atoms with E-state index in [9.17, 15) is 9.59 Å². The highest BCUT2D eigenvalue weighted by molar-refractivity contribution is 5.97. The number of rotatable bonds is 4. The molecule has 7 heteroatoms. The second-order valence-electron chi connectivity index (χ2n) is 9.46. The van der Waals surface area contributed by atoms with E-state index in [4.69, 9.17) is 14.6 Å². The molecule has 1 spiro atoms. The van der Waals surface area contributed by atoms with Crippen LogP contribution in [0.5, 0.6) is 0 Å². The van der Waals surface area contributed by atoms with Gasteiger partial charge in [0.05, 0.1) is 18.2 Å². The lowest BCUT2D eigenvalue weighted by Gasteiger charge is -2.30. The Morgan fingerprint density at radius 2 is 1.94 bits per heavy atom. The number of aryl methyl sites for hydroxylation is 2. The molecule has 4 atom stereocenters. The van der Waals surface area contributed by atoms with Gasteiger partial charge < -0.3 is 20.1 Å². The molecule has 1 saturated carbocycles. The summed E-state index contributed by atoms with van der Waals surface area (Å²) in [7, 11) is 0. The van der Waals surface area contributed by atoms with Crippen molar-refractivity contribution in [1.29, 1.82) is 0 Å². The zero-order chi connectivity index (χ0) is 22.2. The van der Waals surface area contributed by atoms with Crippen molar-refractivity contribution in [2.75, 3.05) is 19.6 Å². The number of carboxylic acid groups (broad SMARTS) is 1. The molecule has 3 aliphatic heterocycles. The number of nitrogens with one attached hydrogen (secondary N) is 1. The quantitative estimate of drug-likeness (QED) is 0.719. The minimum Gasteiger partial charge on any atom is -0.483 e. The third-order valence-corrected chi connectivity index (χ3v) is 7.75. The molecule has 2 amide bonds. The van der Waals surface area contributed by atoms with Crippen LogP contribution in [0.25, 0.3) is 0 Å². The number of ether oxygens (including phenoxy) is 1. The number of benzene rings is 1. The molecule has 0 unspecified atom stereocenters. The first-order valence-corrected chi connectivity index (χ1v) is 11.3. The minimum absolute atomic E-state index is 0.128. The maximum atomic E-state index is 13.3. The third-order valence-electron chi connectivity index (χ3n) is 7.75. The number of hydrogen-bond acceptors (Lipinski definition) is 4. The molecule has 4 fully saturated rings. The summed E-state index contributed by atoms with van der Waals surface area (Å²) in [5, 5.41) is 10.1. The molecule has 7 nitrogen and oxygen atoms in total. The number of hydrogen-bond donors (Lipinski definition) is 2. The van der Waals surface area contributed by atoms with Crippen LogP contribution in [0.2, 0.25) is 0 Å². The molecule has 3 heterocycles. The average Bonchev–Trinajstić information content (AvgIpc) is 3.34. The Morgan fingerprint density at radius 3 is 2.55 bits per heavy atom. The van der Waals surface area contributed by atoms with Crippen LogP contribution >= 0.6 is 0 Å². The van der Waals surface area contributed by atoms with Crippen LogP contribution in [0.1, 0.15) is 53.6 Å². The van der Waals surface area contributed by atoms with Gasteiger partial charge in [-0.3, -0.25) is 14.4 Å². The topological polar surface area (TPSA) is 95.9 Å². The van der Waals surface area contributed by atoms with Gasteiger partial charge in [0.25, 0.3) is 12.4 Å². The van der Waals surface area contributed by atoms with Gasteiger partial charge in [0.1, 0.15) is 0 Å². The lowest BCUT2D eigenvalue weighted by atomic mass is 9.73. The van der Waals surface area contributed by atoms with Crippen LogP contribution in [-0.4, -0.2) is 59.6 Å². The predicted molar refractivity (Wildman–Crippen MR) is 115 cm³/mol. The van der Waals surface area contributed by atoms with Gasteiger partial charge in [-0.2, -0.15) is 0 Å². The smallest absolute Gasteiger partial charge is 0.290 e. The number of carbonyl (C=O) groups is 3. The first-order valence-electron chi connectivity index (χ1n) is 11.3. The van der Waals surface area contributed by atoms with E-state index in [-0.39, 0.29) is 35.9 Å². The van der Waals surface area contributed by atoms with Crippen LogP contribution in [0.4, 0.5) is 0 Å². The van der Waals surface area contributed by atoms with Gasteiger partial charge in [-0.05, 0) is 50.7 Å². The van der Waals surface area contributed by atoms with Crippen molar-refractivity contribution >= 4 is 18.3 Å². The van der Waals surface area contributed by atoms with Crippen LogP contribution in [0.15, 0.2) is 18.2 Å². The standard InChI is InChI=1S/C23H30N2O3.CH2O2/c1-14-5-3-6-15(2)20(14)22(27)25-12-18-17(11-24-21(26)16-7-4-8-16)19-9-10-23(18,13-25)28-19;2-1-3/h3,5-6,16-19H,4,7-13H2,1-2H3,(H,24,26);1H,(H,2,3)/t17-,18+,19+,23+;/m0./s1. The van der Waals surface area contributed by atoms with E-state index in [1.165, 1.54) is 6.42 Å². The van der Waals surface area contributed by atoms with E-state index in [1.807, 2.05) is 36.9 Å². The first-order chi connectivity index (χ1) is 14.9. The lowest BCUT2D eigenvalue weighted by Crippen LogP contribution is -2.44. The molecular weight excluding hydrogens is 396 g/mol. The summed E-state index contributed by atoms with van der Waals surface area (Å²) in [5.41, 5.74) is 2.72. The van der Waals surface area contributed by atoms with Crippen molar-refractivity contribution in [1.82, 2.24) is 10.2 Å². The summed E-state index contributed by atoms with van der Waals surface area (Å²) in [6.07, 6.45) is 5.56. The number of fused-ring (bicyclic) bond motifs is 1. The van der Waals surface area contributed by atoms with E-state index in [0.29, 0.717) is 24.9 Å². The predicted octanol–water partition coefficient (Wildman–Crippen LogP) is 2.54. The second kappa shape index (κ2) is 8.61. The summed E-state index contributed by atoms with van der Waals surface area (Å²) < 4.78 is 6.46. The molecule has 168 valence electrons. The fourth-order valence-electron chi connectivity index (χ4n) is 5.96. The van der Waals surface area contributed by atoms with Gasteiger partial charge in [-0.25, -0.2) is 0 Å². The average molecular weight is 429 g/mol. The number of likely N-dealkylation sites (tertiary alicyclic amines) is 1. The molecule has 5 rings (SSSR count). The highest BCUT2D eigenvalue weighted by atomic mass is 16.5. The Labute approximate surface area is 183 Å². The number of nitrogens with zero attached hydrogens (tertiary/aromatic N) is 1. The fourth-order valence-corrected chi connectivity index (χ4v) is 5.96. The summed E-state index contributed by atoms with van der Waals surface area (Å²) in [6, 6.07) is 6.02. The summed E-state index contributed by atoms with van der Waals surface area (Å²) in [4.78, 5) is 36.0. The maximum Gasteiger partial charge on any atom is 0.290 e. The molecule has 0 radical (unpaired) electrons. The lowest BCUT2D eigenvalue weighted by molar-refractivity contribution is -0.127. The highest BCUT2D eigenvalue weighted by Crippen LogP contribution is 2.54. The molecular formula is C24H32N2O5. The van der Waals surface area contributed by atoms with Crippen molar-refractivity contribution in [3.05, 3.63) is 34.9 Å². The van der Waals surface area contributed by atoms with Gasteiger partial charge in [0.15, 0.2) is 0 Å². The Hall–Kier alpha value is -2.41. The summed E-state index contributed by atoms with van der Waals surface area (Å²) in [6.45, 7) is 5.89. The van der Waals surface area contributed by atoms with E-state index >= 15 is 0 Å². The monoisotopic (exact) mass is 428 g/mol. The van der Waals surface area contributed by atoms with Gasteiger partial charge in [0, 0.05) is 36.4 Å². The van der Waals surface area contributed by atoms with Crippen molar-refractivity contribution < 1.29 is 24.2 Å². The zero-order valence-electron chi connectivity index (χ0n) is 18.3. The number of carbonyl (C=O) groups excluding carboxylic acids is 2. The van der Waals surface area contributed by atoms with Crippen LogP contribution in [0, 0.1) is 31.6 Å². The molecule has 1 aromatic rings. The second-order valence-corrected chi connectivity index (χ2v) is 9.46. The van der Waals surface area contributed by atoms with Crippen LogP contribution < -0.4 is 5.32 Å². The molecule has 2 bridgehead atoms. The van der Waals surface area contributed by atoms with E-state index in [1.54, 1.807) is 0 Å². The van der Waals surface area contributed by atoms with Crippen molar-refractivity contribution in [2.24, 2.45) is 17.8 Å². The molecule has 31 heavy (non-hydrogen) atoms. The van der Waals surface area contributed by atoms with Gasteiger partial charge in [-0.1, -0.05) is 24.6 Å². The van der Waals surface area contributed by atoms with Crippen molar-refractivity contribution in [2.45, 2.75) is 57.7 Å². The molecule has 0 aromatic heterocycles. The zero-order valence-corrected chi connectivity index (χ0v) is 18.3. The maximum absolute atomic E-state index is 13.3. The molecule has 2 N–H and O–H groups in total. The van der Waals surface area contributed by atoms with E-state index < -0.39 is 0 Å². The Morgan fingerprint density at radius 1 is 1.26 bits per heavy atom. The Bertz CT molecular complexity index is 847. The third kappa shape index (κ3) is 3.84. The van der Waals surface area contributed by atoms with Crippen LogP contribution in [-0.2, 0) is 14.3 Å². The van der Waals surface area contributed by atoms with E-state index in [2.05, 4.69) is 5.32 Å². The van der Waals surface area contributed by atoms with Gasteiger partial charge >= 0.3 is 0 Å². The van der Waals surface area contributed by atoms with Gasteiger partial charge in [0.2, 0.25) is 5.91 Å². The van der Waals surface area contributed by atoms with Crippen molar-refractivity contribution in [3.8, 4) is 0 Å². The molecule has 4 aliphatic rings. The molecule has 1 aliphatic carbocycles. The Balaban J connectivity index is 0.000000730. The van der Waals surface area contributed by atoms with Crippen LogP contribution in [0.3, 0.4) is 0 Å². The number of amides is 2. The fraction of sp³-hybridized carbons (Fsp3) is 0.625. The molecule has 1 aromatic carbocycles. The first kappa shape index (κ1) is 21.8. The van der Waals surface area contributed by atoms with Crippen molar-refractivity contribution in [3.63, 3.8) is 0 Å². The van der Waals surface area contributed by atoms with Gasteiger partial charge in [-0.15, -0.1) is 0 Å². The normalized spacial score (nSPS) is 30.8. The highest BCUT2D eigenvalue weighted by Gasteiger charge is 2.63. The van der Waals surface area contributed by atoms with E-state index in [0.717, 1.165) is 48.9 Å². The summed E-state index contributed by atoms with van der Waals surface area (Å²) in [5.74, 6) is 1.22. The Kier molecular flexibility index (Phi) is 6.06. The minimum atomic E-state index is -0.250. The largest absolute Gasteiger partial charge is 0.483 e. The molecule has 3 saturated heterocycles.